The summed E-state index contributed by atoms with van der Waals surface area (Å²) < 4.78 is 6.40. The lowest BCUT2D eigenvalue weighted by molar-refractivity contribution is 0.130. The van der Waals surface area contributed by atoms with Crippen LogP contribution in [0.15, 0.2) is 59.4 Å². The van der Waals surface area contributed by atoms with Gasteiger partial charge in [-0.3, -0.25) is 15.2 Å². The number of aromatic nitrogens is 4. The highest BCUT2D eigenvalue weighted by molar-refractivity contribution is 5.92. The molecule has 0 spiro atoms. The second-order valence-corrected chi connectivity index (χ2v) is 7.30. The Balaban J connectivity index is 1.71. The molecule has 0 atom stereocenters. The highest BCUT2D eigenvalue weighted by Gasteiger charge is 2.13. The largest absolute Gasteiger partial charge is 0.447 e. The Kier molecular flexibility index (Phi) is 5.40. The Hall–Kier alpha value is -4.14. The van der Waals surface area contributed by atoms with Crippen molar-refractivity contribution in [3.05, 3.63) is 70.6 Å². The lowest BCUT2D eigenvalue weighted by Crippen LogP contribution is -2.22. The van der Waals surface area contributed by atoms with Crippen LogP contribution in [0.2, 0.25) is 0 Å². The van der Waals surface area contributed by atoms with Gasteiger partial charge in [0.25, 0.3) is 5.56 Å². The highest BCUT2D eigenvalue weighted by Crippen LogP contribution is 2.23. The third-order valence-electron chi connectivity index (χ3n) is 4.46. The van der Waals surface area contributed by atoms with Crippen LogP contribution in [-0.4, -0.2) is 32.2 Å². The normalized spacial score (nSPS) is 11.0. The summed E-state index contributed by atoms with van der Waals surface area (Å²) in [5, 5.41) is 18.6. The SMILES string of the molecule is Cc1cc(Nc2nn(-c3ccc(NC(=O)OC(C)C)cc3)c(=O)c3ccccc23)n[nH]1. The molecule has 0 saturated carbocycles. The van der Waals surface area contributed by atoms with Crippen molar-refractivity contribution in [1.29, 1.82) is 0 Å². The minimum Gasteiger partial charge on any atom is -0.447 e. The number of hydrogen-bond donors (Lipinski definition) is 3. The molecule has 2 heterocycles. The third kappa shape index (κ3) is 4.40. The maximum Gasteiger partial charge on any atom is 0.411 e. The zero-order chi connectivity index (χ0) is 22.0. The molecule has 1 amide bonds. The maximum absolute atomic E-state index is 13.1. The Labute approximate surface area is 178 Å². The Morgan fingerprint density at radius 2 is 1.81 bits per heavy atom. The van der Waals surface area contributed by atoms with Crippen LogP contribution in [0.4, 0.5) is 22.1 Å². The summed E-state index contributed by atoms with van der Waals surface area (Å²) in [5.41, 5.74) is 1.76. The number of aryl methyl sites for hydroxylation is 1. The molecule has 4 rings (SSSR count). The number of anilines is 3. The highest BCUT2D eigenvalue weighted by atomic mass is 16.6. The summed E-state index contributed by atoms with van der Waals surface area (Å²) in [6.07, 6.45) is -0.756. The number of nitrogens with zero attached hydrogens (tertiary/aromatic N) is 3. The molecule has 9 heteroatoms. The van der Waals surface area contributed by atoms with Gasteiger partial charge in [0.05, 0.1) is 17.2 Å². The third-order valence-corrected chi connectivity index (χ3v) is 4.46. The van der Waals surface area contributed by atoms with E-state index >= 15 is 0 Å². The molecular formula is C22H22N6O3. The monoisotopic (exact) mass is 418 g/mol. The molecule has 0 aliphatic heterocycles. The predicted molar refractivity (Wildman–Crippen MR) is 119 cm³/mol. The molecule has 31 heavy (non-hydrogen) atoms. The van der Waals surface area contributed by atoms with Gasteiger partial charge in [-0.15, -0.1) is 5.10 Å². The van der Waals surface area contributed by atoms with Crippen LogP contribution < -0.4 is 16.2 Å². The van der Waals surface area contributed by atoms with Crippen LogP contribution in [0, 0.1) is 6.92 Å². The second kappa shape index (κ2) is 8.31. The fourth-order valence-electron chi connectivity index (χ4n) is 3.11. The van der Waals surface area contributed by atoms with Gasteiger partial charge in [0.2, 0.25) is 0 Å². The molecule has 158 valence electrons. The lowest BCUT2D eigenvalue weighted by atomic mass is 10.2. The molecular weight excluding hydrogens is 396 g/mol. The fourth-order valence-corrected chi connectivity index (χ4v) is 3.11. The average molecular weight is 418 g/mol. The van der Waals surface area contributed by atoms with Crippen molar-refractivity contribution < 1.29 is 9.53 Å². The summed E-state index contributed by atoms with van der Waals surface area (Å²) in [4.78, 5) is 24.9. The van der Waals surface area contributed by atoms with Gasteiger partial charge < -0.3 is 10.1 Å². The molecule has 0 radical (unpaired) electrons. The number of carbonyl (C=O) groups excluding carboxylic acids is 1. The quantitative estimate of drug-likeness (QED) is 0.449. The molecule has 0 saturated heterocycles. The zero-order valence-electron chi connectivity index (χ0n) is 17.3. The molecule has 0 aliphatic carbocycles. The first-order valence-electron chi connectivity index (χ1n) is 9.80. The number of benzene rings is 2. The molecule has 3 N–H and O–H groups in total. The van der Waals surface area contributed by atoms with Crippen LogP contribution in [0.25, 0.3) is 16.5 Å². The topological polar surface area (TPSA) is 114 Å². The molecule has 0 unspecified atom stereocenters. The van der Waals surface area contributed by atoms with Crippen LogP contribution in [0.3, 0.4) is 0 Å². The molecule has 2 aromatic heterocycles. The van der Waals surface area contributed by atoms with Crippen LogP contribution >= 0.6 is 0 Å². The van der Waals surface area contributed by atoms with Crippen molar-refractivity contribution in [3.63, 3.8) is 0 Å². The van der Waals surface area contributed by atoms with E-state index in [9.17, 15) is 9.59 Å². The van der Waals surface area contributed by atoms with E-state index in [0.717, 1.165) is 5.69 Å². The van der Waals surface area contributed by atoms with Crippen molar-refractivity contribution in [2.24, 2.45) is 0 Å². The summed E-state index contributed by atoms with van der Waals surface area (Å²) in [7, 11) is 0. The summed E-state index contributed by atoms with van der Waals surface area (Å²) in [6, 6.07) is 15.9. The molecule has 0 fully saturated rings. The van der Waals surface area contributed by atoms with E-state index in [2.05, 4.69) is 25.9 Å². The second-order valence-electron chi connectivity index (χ2n) is 7.30. The van der Waals surface area contributed by atoms with Crippen molar-refractivity contribution in [1.82, 2.24) is 20.0 Å². The number of aromatic amines is 1. The minimum atomic E-state index is -0.537. The van der Waals surface area contributed by atoms with Gasteiger partial charge in [0.15, 0.2) is 11.6 Å². The van der Waals surface area contributed by atoms with Crippen molar-refractivity contribution in [2.45, 2.75) is 26.9 Å². The predicted octanol–water partition coefficient (Wildman–Crippen LogP) is 4.12. The number of amides is 1. The number of H-pyrrole nitrogens is 1. The van der Waals surface area contributed by atoms with Crippen molar-refractivity contribution >= 4 is 34.2 Å². The smallest absolute Gasteiger partial charge is 0.411 e. The summed E-state index contributed by atoms with van der Waals surface area (Å²) >= 11 is 0. The van der Waals surface area contributed by atoms with Gasteiger partial charge in [0, 0.05) is 22.8 Å². The van der Waals surface area contributed by atoms with E-state index in [1.807, 2.05) is 31.2 Å². The zero-order valence-corrected chi connectivity index (χ0v) is 17.3. The number of nitrogens with one attached hydrogen (secondary N) is 3. The number of carbonyl (C=O) groups is 1. The summed E-state index contributed by atoms with van der Waals surface area (Å²) in [6.45, 7) is 5.45. The van der Waals surface area contributed by atoms with Gasteiger partial charge >= 0.3 is 6.09 Å². The van der Waals surface area contributed by atoms with Crippen LogP contribution in [-0.2, 0) is 4.74 Å². The van der Waals surface area contributed by atoms with Crippen LogP contribution in [0.1, 0.15) is 19.5 Å². The molecule has 0 bridgehead atoms. The number of rotatable bonds is 5. The molecule has 4 aromatic rings. The molecule has 0 aliphatic rings. The first-order valence-corrected chi connectivity index (χ1v) is 9.80. The van der Waals surface area contributed by atoms with Gasteiger partial charge in [-0.1, -0.05) is 18.2 Å². The first kappa shape index (κ1) is 20.1. The average Bonchev–Trinajstić information content (AvgIpc) is 3.15. The maximum atomic E-state index is 13.1. The van der Waals surface area contributed by atoms with E-state index in [1.165, 1.54) is 4.68 Å². The van der Waals surface area contributed by atoms with E-state index in [1.54, 1.807) is 44.2 Å². The van der Waals surface area contributed by atoms with E-state index < -0.39 is 6.09 Å². The molecule has 2 aromatic carbocycles. The Bertz CT molecular complexity index is 1290. The first-order chi connectivity index (χ1) is 14.9. The number of ether oxygens (including phenoxy) is 1. The van der Waals surface area contributed by atoms with Gasteiger partial charge in [-0.2, -0.15) is 9.78 Å². The molecule has 9 nitrogen and oxygen atoms in total. The van der Waals surface area contributed by atoms with Gasteiger partial charge in [-0.05, 0) is 51.1 Å². The Morgan fingerprint density at radius 3 is 2.45 bits per heavy atom. The van der Waals surface area contributed by atoms with E-state index in [0.29, 0.717) is 33.8 Å². The fraction of sp³-hybridized carbons (Fsp3) is 0.182. The Morgan fingerprint density at radius 1 is 1.10 bits per heavy atom. The number of hydrogen-bond acceptors (Lipinski definition) is 6. The summed E-state index contributed by atoms with van der Waals surface area (Å²) in [5.74, 6) is 1.10. The van der Waals surface area contributed by atoms with Crippen LogP contribution in [0.5, 0.6) is 0 Å². The van der Waals surface area contributed by atoms with Crippen molar-refractivity contribution in [3.8, 4) is 5.69 Å². The lowest BCUT2D eigenvalue weighted by Gasteiger charge is -2.12. The van der Waals surface area contributed by atoms with E-state index in [-0.39, 0.29) is 11.7 Å². The number of fused-ring (bicyclic) bond motifs is 1. The van der Waals surface area contributed by atoms with E-state index in [4.69, 9.17) is 4.74 Å². The van der Waals surface area contributed by atoms with Gasteiger partial charge in [-0.25, -0.2) is 4.79 Å². The standard InChI is InChI=1S/C22H22N6O3/c1-13(2)31-22(30)23-15-8-10-16(11-9-15)28-21(29)18-7-5-4-6-17(18)20(27-28)24-19-12-14(3)25-26-19/h4-13H,1-3H3,(H,23,30)(H2,24,25,26,27). The van der Waals surface area contributed by atoms with Gasteiger partial charge in [0.1, 0.15) is 0 Å². The minimum absolute atomic E-state index is 0.219. The van der Waals surface area contributed by atoms with Crippen molar-refractivity contribution in [2.75, 3.05) is 10.6 Å².